The molecule has 7 N–H and O–H groups in total. The molecule has 1 aromatic heterocycles. The molecule has 8 rings (SSSR count). The van der Waals surface area contributed by atoms with Crippen molar-refractivity contribution in [2.75, 3.05) is 144 Å². The Balaban J connectivity index is 0.520. The maximum atomic E-state index is 13.6. The molecule has 3 atom stereocenters. The lowest BCUT2D eigenvalue weighted by molar-refractivity contribution is -0.143. The molecule has 23 nitrogen and oxygen atoms in total. The monoisotopic (exact) mass is 1290 g/mol. The van der Waals surface area contributed by atoms with Crippen molar-refractivity contribution in [2.24, 2.45) is 0 Å². The number of hydrogen-bond donors (Lipinski definition) is 7. The standard InChI is InChI=1S/C67H98N8O15S/c1-2-90-60(79)21-26-75-55-20-19-48(43-51(55)62-63-53(46-72-66(63)80)61-50-14-8-7-13-49(50)44-52(61)65(62)75)45-68-24-27-82-29-31-84-33-35-86-37-39-88-41-42-89-40-38-87-36-34-85-32-30-83-28-25-71-59(78)17-6-4-12-22-69-57(76)16-5-3-11-23-70-58(77)18-10-9-15-56-64-54(47-91-56)73-67(81)74-64/h7-8,13-14,19-20,43,54,56,64,68H,2-6,9-12,15-18,21-42,44-47H2,1H3,(H,69,76)(H,70,77)(H,71,78)(H,72,80)(H2,73,74,81)/t54-,56-,64-/m0/s1. The van der Waals surface area contributed by atoms with Crippen LogP contribution in [-0.4, -0.2) is 202 Å². The normalized spacial score (nSPS) is 16.2. The lowest BCUT2D eigenvalue weighted by Crippen LogP contribution is -2.36. The second kappa shape index (κ2) is 40.2. The smallest absolute Gasteiger partial charge is 0.315 e. The van der Waals surface area contributed by atoms with Crippen LogP contribution in [0.2, 0.25) is 0 Å². The second-order valence-electron chi connectivity index (χ2n) is 23.1. The number of nitrogens with one attached hydrogen (secondary N) is 7. The molecule has 1 aliphatic carbocycles. The minimum absolute atomic E-state index is 0.0103. The molecule has 0 radical (unpaired) electrons. The third-order valence-corrected chi connectivity index (χ3v) is 18.0. The zero-order valence-electron chi connectivity index (χ0n) is 53.3. The van der Waals surface area contributed by atoms with Gasteiger partial charge in [0.15, 0.2) is 0 Å². The van der Waals surface area contributed by atoms with Gasteiger partial charge in [0.05, 0.1) is 142 Å². The van der Waals surface area contributed by atoms with E-state index in [0.717, 1.165) is 114 Å². The number of thioether (sulfide) groups is 1. The lowest BCUT2D eigenvalue weighted by atomic mass is 9.92. The fraction of sp³-hybridized carbons (Fsp3) is 0.642. The van der Waals surface area contributed by atoms with Crippen LogP contribution in [0.15, 0.2) is 42.5 Å². The third kappa shape index (κ3) is 23.0. The van der Waals surface area contributed by atoms with Crippen LogP contribution in [0.3, 0.4) is 0 Å². The Morgan fingerprint density at radius 1 is 0.593 bits per heavy atom. The third-order valence-electron chi connectivity index (χ3n) is 16.5. The number of unbranched alkanes of at least 4 members (excludes halogenated alkanes) is 5. The van der Waals surface area contributed by atoms with Crippen LogP contribution in [0.4, 0.5) is 4.79 Å². The summed E-state index contributed by atoms with van der Waals surface area (Å²) < 4.78 is 52.4. The first kappa shape index (κ1) is 70.9. The van der Waals surface area contributed by atoms with Crippen molar-refractivity contribution in [1.29, 1.82) is 0 Å². The van der Waals surface area contributed by atoms with Gasteiger partial charge in [-0.15, -0.1) is 0 Å². The molecule has 4 aliphatic rings. The van der Waals surface area contributed by atoms with E-state index in [0.29, 0.717) is 183 Å². The van der Waals surface area contributed by atoms with Crippen LogP contribution in [-0.2, 0) is 87.9 Å². The first-order chi connectivity index (χ1) is 44.7. The summed E-state index contributed by atoms with van der Waals surface area (Å²) in [4.78, 5) is 74.3. The molecule has 0 bridgehead atoms. The topological polar surface area (TPSA) is 275 Å². The number of benzene rings is 3. The van der Waals surface area contributed by atoms with E-state index in [4.69, 9.17) is 42.6 Å². The fourth-order valence-corrected chi connectivity index (χ4v) is 13.6. The highest BCUT2D eigenvalue weighted by molar-refractivity contribution is 8.00. The number of carbonyl (C=O) groups is 6. The summed E-state index contributed by atoms with van der Waals surface area (Å²) in [6.07, 6.45) is 10.2. The van der Waals surface area contributed by atoms with Gasteiger partial charge < -0.3 is 84.4 Å². The number of esters is 1. The van der Waals surface area contributed by atoms with E-state index in [9.17, 15) is 28.8 Å². The predicted octanol–water partition coefficient (Wildman–Crippen LogP) is 5.98. The van der Waals surface area contributed by atoms with Gasteiger partial charge in [0.2, 0.25) is 17.7 Å². The number of aryl methyl sites for hydroxylation is 1. The van der Waals surface area contributed by atoms with Crippen molar-refractivity contribution in [3.8, 4) is 11.1 Å². The molecule has 0 spiro atoms. The average Bonchev–Trinajstić information content (AvgIpc) is 1.85. The van der Waals surface area contributed by atoms with Gasteiger partial charge in [-0.1, -0.05) is 49.6 Å². The van der Waals surface area contributed by atoms with Gasteiger partial charge in [0.1, 0.15) is 0 Å². The van der Waals surface area contributed by atoms with E-state index in [1.807, 2.05) is 18.7 Å². The Hall–Kier alpha value is -5.93. The van der Waals surface area contributed by atoms with E-state index in [1.165, 1.54) is 16.7 Å². The quantitative estimate of drug-likeness (QED) is 0.0134. The molecule has 24 heteroatoms. The Morgan fingerprint density at radius 3 is 1.76 bits per heavy atom. The number of ether oxygens (including phenoxy) is 9. The summed E-state index contributed by atoms with van der Waals surface area (Å²) >= 11 is 1.90. The fourth-order valence-electron chi connectivity index (χ4n) is 12.1. The summed E-state index contributed by atoms with van der Waals surface area (Å²) in [5, 5.41) is 23.8. The van der Waals surface area contributed by atoms with Crippen LogP contribution in [0.1, 0.15) is 123 Å². The Morgan fingerprint density at radius 2 is 1.15 bits per heavy atom. The van der Waals surface area contributed by atoms with E-state index < -0.39 is 0 Å². The van der Waals surface area contributed by atoms with Gasteiger partial charge in [0, 0.05) is 98.8 Å². The molecule has 502 valence electrons. The number of carbonyl (C=O) groups excluding carboxylic acids is 6. The van der Waals surface area contributed by atoms with Crippen LogP contribution in [0, 0.1) is 0 Å². The van der Waals surface area contributed by atoms with Gasteiger partial charge in [-0.05, 0) is 91.0 Å². The molecule has 2 saturated heterocycles. The van der Waals surface area contributed by atoms with Gasteiger partial charge in [-0.2, -0.15) is 11.8 Å². The molecule has 3 aromatic carbocycles. The number of amides is 6. The first-order valence-corrected chi connectivity index (χ1v) is 34.2. The van der Waals surface area contributed by atoms with Crippen molar-refractivity contribution < 1.29 is 71.4 Å². The van der Waals surface area contributed by atoms with E-state index >= 15 is 0 Å². The summed E-state index contributed by atoms with van der Waals surface area (Å²) in [6, 6.07) is 15.2. The van der Waals surface area contributed by atoms with Crippen molar-refractivity contribution in [1.82, 2.24) is 41.8 Å². The molecule has 2 fully saturated rings. The van der Waals surface area contributed by atoms with Gasteiger partial charge in [-0.3, -0.25) is 24.0 Å². The zero-order chi connectivity index (χ0) is 63.7. The molecular formula is C67H98N8O15S. The summed E-state index contributed by atoms with van der Waals surface area (Å²) in [7, 11) is 0. The van der Waals surface area contributed by atoms with Crippen molar-refractivity contribution in [3.05, 3.63) is 70.3 Å². The number of nitrogens with zero attached hydrogens (tertiary/aromatic N) is 1. The van der Waals surface area contributed by atoms with Gasteiger partial charge in [-0.25, -0.2) is 4.79 Å². The summed E-state index contributed by atoms with van der Waals surface area (Å²) in [5.41, 5.74) is 9.69. The molecule has 4 heterocycles. The highest BCUT2D eigenvalue weighted by atomic mass is 32.2. The highest BCUT2D eigenvalue weighted by Crippen LogP contribution is 2.49. The van der Waals surface area contributed by atoms with Crippen LogP contribution in [0.5, 0.6) is 0 Å². The van der Waals surface area contributed by atoms with Crippen molar-refractivity contribution >= 4 is 69.2 Å². The number of rotatable bonds is 50. The van der Waals surface area contributed by atoms with E-state index in [1.54, 1.807) is 0 Å². The SMILES string of the molecule is CCOC(=O)CCn1c2ccc(CNCCOCCOCCOCCOCCOCCOCCOCCOCCNC(=O)CCCCCNC(=O)CCCCCNC(=O)CCCC[C@@H]3SC[C@@H]4NC(=O)N[C@@H]43)cc2c2c3c(c4c(c21)Cc1ccccc1-4)CNC3=O. The summed E-state index contributed by atoms with van der Waals surface area (Å²) in [6.45, 7) is 13.4. The number of urea groups is 1. The predicted molar refractivity (Wildman–Crippen MR) is 348 cm³/mol. The van der Waals surface area contributed by atoms with Gasteiger partial charge >= 0.3 is 12.0 Å². The number of fused-ring (bicyclic) bond motifs is 11. The number of aromatic nitrogens is 1. The molecule has 0 unspecified atom stereocenters. The minimum Gasteiger partial charge on any atom is -0.466 e. The first-order valence-electron chi connectivity index (χ1n) is 33.2. The maximum absolute atomic E-state index is 13.6. The van der Waals surface area contributed by atoms with Crippen LogP contribution < -0.4 is 37.2 Å². The highest BCUT2D eigenvalue weighted by Gasteiger charge is 2.42. The van der Waals surface area contributed by atoms with Gasteiger partial charge in [0.25, 0.3) is 5.91 Å². The zero-order valence-corrected chi connectivity index (χ0v) is 54.1. The number of hydrogen-bond acceptors (Lipinski definition) is 17. The van der Waals surface area contributed by atoms with E-state index in [-0.39, 0.29) is 54.1 Å². The molecule has 6 amide bonds. The largest absolute Gasteiger partial charge is 0.466 e. The van der Waals surface area contributed by atoms with Crippen molar-refractivity contribution in [3.63, 3.8) is 0 Å². The Kier molecular flexibility index (Phi) is 31.4. The Bertz CT molecular complexity index is 2950. The lowest BCUT2D eigenvalue weighted by Gasteiger charge is -2.16. The molecule has 91 heavy (non-hydrogen) atoms. The second-order valence-corrected chi connectivity index (χ2v) is 24.4. The van der Waals surface area contributed by atoms with E-state index in [2.05, 4.69) is 84.2 Å². The molecule has 3 aliphatic heterocycles. The Labute approximate surface area is 539 Å². The molecular weight excluding hydrogens is 1190 g/mol. The van der Waals surface area contributed by atoms with Crippen LogP contribution in [0.25, 0.3) is 32.9 Å². The molecule has 4 aromatic rings. The summed E-state index contributed by atoms with van der Waals surface area (Å²) in [5.74, 6) is 0.752. The van der Waals surface area contributed by atoms with Crippen LogP contribution >= 0.6 is 11.8 Å². The average molecular weight is 1290 g/mol. The molecule has 0 saturated carbocycles. The minimum atomic E-state index is -0.240. The van der Waals surface area contributed by atoms with Crippen molar-refractivity contribution in [2.45, 2.75) is 134 Å². The maximum Gasteiger partial charge on any atom is 0.315 e.